The number of aromatic nitrogens is 4. The summed E-state index contributed by atoms with van der Waals surface area (Å²) in [5.74, 6) is 9.31. The molecule has 0 saturated heterocycles. The molecular weight excluding hydrogens is 1110 g/mol. The van der Waals surface area contributed by atoms with E-state index in [1.165, 1.54) is 44.3 Å². The first-order valence-electron chi connectivity index (χ1n) is 24.7. The number of nitrogens with zero attached hydrogens (tertiary/aromatic N) is 4. The molecule has 1 radical (unpaired) electrons. The zero-order chi connectivity index (χ0) is 48.7. The van der Waals surface area contributed by atoms with Crippen molar-refractivity contribution < 1.29 is 24.5 Å². The van der Waals surface area contributed by atoms with Crippen LogP contribution in [0, 0.1) is 18.1 Å². The fraction of sp³-hybridized carbons (Fsp3) is 0.203. The Bertz CT molecular complexity index is 3630. The molecule has 0 spiro atoms. The maximum atomic E-state index is 6.66. The average molecular weight is 1170 g/mol. The molecule has 71 heavy (non-hydrogen) atoms. The molecule has 0 aliphatic rings. The summed E-state index contributed by atoms with van der Waals surface area (Å²) in [7, 11) is 0. The summed E-state index contributed by atoms with van der Waals surface area (Å²) in [5, 5.41) is 4.47. The van der Waals surface area contributed by atoms with Crippen LogP contribution < -0.4 is 4.40 Å². The van der Waals surface area contributed by atoms with Crippen molar-refractivity contribution in [1.82, 2.24) is 19.5 Å². The summed E-state index contributed by atoms with van der Waals surface area (Å²) in [5.41, 5.74) is 15.9. The molecule has 11 rings (SSSR count). The summed E-state index contributed by atoms with van der Waals surface area (Å²) in [4.78, 5) is 15.0. The van der Waals surface area contributed by atoms with Crippen molar-refractivity contribution in [3.8, 4) is 50.7 Å². The van der Waals surface area contributed by atoms with E-state index < -0.39 is 13.3 Å². The van der Waals surface area contributed by atoms with E-state index in [1.807, 2.05) is 42.5 Å². The summed E-state index contributed by atoms with van der Waals surface area (Å²) >= 11 is -1.86. The molecular formula is C64H60GeIrN4O-2. The second-order valence-corrected chi connectivity index (χ2v) is 31.2. The Hall–Kier alpha value is -6.44. The Morgan fingerprint density at radius 1 is 0.592 bits per heavy atom. The van der Waals surface area contributed by atoms with Crippen LogP contribution in [0.2, 0.25) is 17.3 Å². The first-order valence-corrected chi connectivity index (χ1v) is 32.1. The normalized spacial score (nSPS) is 11.8. The Kier molecular flexibility index (Phi) is 14.5. The van der Waals surface area contributed by atoms with Gasteiger partial charge < -0.3 is 8.98 Å². The molecule has 7 heteroatoms. The van der Waals surface area contributed by atoms with Crippen LogP contribution in [0.4, 0.5) is 0 Å². The topological polar surface area (TPSA) is 56.7 Å². The first kappa shape index (κ1) is 49.5. The van der Waals surface area contributed by atoms with Gasteiger partial charge in [0.15, 0.2) is 0 Å². The second-order valence-electron chi connectivity index (χ2n) is 20.6. The predicted octanol–water partition coefficient (Wildman–Crippen LogP) is 16.8. The predicted molar refractivity (Wildman–Crippen MR) is 297 cm³/mol. The molecule has 0 fully saturated rings. The van der Waals surface area contributed by atoms with Crippen molar-refractivity contribution in [3.63, 3.8) is 0 Å². The SMILES string of the molecule is CC(C)Cc1cc(-c2[c-]cccc2)nc[c]1[Ge]([CH3])([CH3])[CH3].CC(C)c1cc(-c2ccc3ccccc3c2)cc(C(C)C)c1-n1c(-c2[c-]ccc3c2oc2nc(-c4ccccc4)ccc23)nc2ccccc21.[Ir]. The van der Waals surface area contributed by atoms with Crippen LogP contribution in [0.3, 0.4) is 0 Å². The minimum atomic E-state index is -1.86. The van der Waals surface area contributed by atoms with E-state index in [4.69, 9.17) is 19.4 Å². The largest absolute Gasteiger partial charge is 0.486 e. The monoisotopic (exact) mass is 1170 g/mol. The molecule has 0 unspecified atom stereocenters. The Labute approximate surface area is 435 Å². The quantitative estimate of drug-likeness (QED) is 0.101. The number of benzene rings is 7. The van der Waals surface area contributed by atoms with Crippen molar-refractivity contribution in [3.05, 3.63) is 199 Å². The van der Waals surface area contributed by atoms with Crippen molar-refractivity contribution in [2.24, 2.45) is 5.92 Å². The van der Waals surface area contributed by atoms with Crippen LogP contribution in [0.5, 0.6) is 0 Å². The second kappa shape index (κ2) is 20.7. The van der Waals surface area contributed by atoms with E-state index >= 15 is 0 Å². The van der Waals surface area contributed by atoms with Gasteiger partial charge in [-0.2, -0.15) is 0 Å². The molecule has 0 saturated carbocycles. The fourth-order valence-electron chi connectivity index (χ4n) is 9.81. The number of hydrogen-bond acceptors (Lipinski definition) is 4. The molecule has 5 nitrogen and oxygen atoms in total. The van der Waals surface area contributed by atoms with Gasteiger partial charge >= 0.3 is 126 Å². The van der Waals surface area contributed by atoms with Crippen LogP contribution in [0.1, 0.15) is 70.1 Å². The number of furan rings is 1. The van der Waals surface area contributed by atoms with E-state index in [2.05, 4.69) is 203 Å². The minimum absolute atomic E-state index is 0. The number of pyridine rings is 2. The maximum Gasteiger partial charge on any atom is 0.216 e. The fourth-order valence-corrected chi connectivity index (χ4v) is 13.1. The van der Waals surface area contributed by atoms with E-state index in [1.54, 1.807) is 4.40 Å². The van der Waals surface area contributed by atoms with Crippen molar-refractivity contribution in [2.45, 2.75) is 77.1 Å². The molecule has 0 amide bonds. The van der Waals surface area contributed by atoms with Gasteiger partial charge in [-0.05, 0) is 87.3 Å². The molecule has 7 aromatic carbocycles. The number of para-hydroxylation sites is 2. The third kappa shape index (κ3) is 10.1. The summed E-state index contributed by atoms with van der Waals surface area (Å²) in [6.07, 6.45) is 3.27. The van der Waals surface area contributed by atoms with Crippen molar-refractivity contribution in [2.75, 3.05) is 0 Å². The third-order valence-corrected chi connectivity index (χ3v) is 17.6. The van der Waals surface area contributed by atoms with E-state index in [0.717, 1.165) is 67.7 Å². The number of imidazole rings is 1. The van der Waals surface area contributed by atoms with E-state index in [9.17, 15) is 0 Å². The minimum Gasteiger partial charge on any atom is -0.486 e. The molecule has 4 aromatic heterocycles. The van der Waals surface area contributed by atoms with Crippen molar-refractivity contribution >= 4 is 61.5 Å². The van der Waals surface area contributed by atoms with Gasteiger partial charge in [0, 0.05) is 36.7 Å². The van der Waals surface area contributed by atoms with Gasteiger partial charge in [-0.15, -0.1) is 18.2 Å². The molecule has 11 aromatic rings. The molecule has 0 bridgehead atoms. The number of rotatable bonds is 10. The molecule has 357 valence electrons. The van der Waals surface area contributed by atoms with Crippen LogP contribution in [0.25, 0.3) is 94.6 Å². The standard InChI is InChI=1S/C46H36N3O.C18H24GeN.Ir/c1-28(2)38-26-34(33-22-21-30-13-8-9-16-32(30)25-33)27-39(29(3)4)43(38)49-42-20-11-10-19-41(42)47-45(49)37-18-12-17-35-36-23-24-40(31-14-6-5-7-15-31)48-46(36)50-44(35)37;1-14(2)11-16-12-18(15-9-7-6-8-10-15)20-13-17(16)19(3,4)5;/h5-17,19-29H,1-4H3;6-9,12-14H,11H2,1-5H3;/q2*-1;. The van der Waals surface area contributed by atoms with Crippen LogP contribution >= 0.6 is 0 Å². The van der Waals surface area contributed by atoms with Gasteiger partial charge in [-0.3, -0.25) is 4.98 Å². The van der Waals surface area contributed by atoms with Crippen LogP contribution in [-0.4, -0.2) is 32.8 Å². The van der Waals surface area contributed by atoms with Gasteiger partial charge in [0.1, 0.15) is 0 Å². The molecule has 4 heterocycles. The van der Waals surface area contributed by atoms with Gasteiger partial charge in [0.2, 0.25) is 5.71 Å². The first-order chi connectivity index (χ1) is 33.8. The van der Waals surface area contributed by atoms with Crippen LogP contribution in [-0.2, 0) is 26.5 Å². The molecule has 0 atom stereocenters. The zero-order valence-electron chi connectivity index (χ0n) is 42.1. The van der Waals surface area contributed by atoms with Gasteiger partial charge in [-0.1, -0.05) is 118 Å². The van der Waals surface area contributed by atoms with Crippen LogP contribution in [0.15, 0.2) is 174 Å². The smallest absolute Gasteiger partial charge is 0.216 e. The van der Waals surface area contributed by atoms with Gasteiger partial charge in [0.25, 0.3) is 0 Å². The number of hydrogen-bond donors (Lipinski definition) is 0. The van der Waals surface area contributed by atoms with Crippen molar-refractivity contribution in [1.29, 1.82) is 0 Å². The van der Waals surface area contributed by atoms with Gasteiger partial charge in [-0.25, -0.2) is 4.98 Å². The van der Waals surface area contributed by atoms with E-state index in [0.29, 0.717) is 11.6 Å². The Balaban J connectivity index is 0.000000251. The Morgan fingerprint density at radius 3 is 2.00 bits per heavy atom. The van der Waals surface area contributed by atoms with Gasteiger partial charge in [0.05, 0.1) is 28.1 Å². The molecule has 0 aliphatic carbocycles. The maximum absolute atomic E-state index is 6.66. The Morgan fingerprint density at radius 2 is 1.30 bits per heavy atom. The number of fused-ring (bicyclic) bond motifs is 5. The summed E-state index contributed by atoms with van der Waals surface area (Å²) in [6.45, 7) is 13.7. The average Bonchev–Trinajstić information content (AvgIpc) is 3.94. The summed E-state index contributed by atoms with van der Waals surface area (Å²) in [6, 6.07) is 64.2. The summed E-state index contributed by atoms with van der Waals surface area (Å²) < 4.78 is 10.6. The third-order valence-electron chi connectivity index (χ3n) is 13.3. The van der Waals surface area contributed by atoms with E-state index in [-0.39, 0.29) is 31.9 Å². The molecule has 0 aliphatic heterocycles. The zero-order valence-corrected chi connectivity index (χ0v) is 46.6. The molecule has 0 N–H and O–H groups in total.